The number of hydrogen-bond acceptors (Lipinski definition) is 6. The maximum Gasteiger partial charge on any atom is 0.260 e. The molecule has 4 aromatic rings. The zero-order chi connectivity index (χ0) is 17.4. The molecule has 0 bridgehead atoms. The van der Waals surface area contributed by atoms with E-state index in [2.05, 4.69) is 34.0 Å². The lowest BCUT2D eigenvalue weighted by atomic mass is 10.2. The third-order valence-electron chi connectivity index (χ3n) is 3.56. The largest absolute Gasteiger partial charge is 0.309 e. The molecule has 0 aliphatic rings. The van der Waals surface area contributed by atoms with Crippen LogP contribution in [-0.2, 0) is 5.75 Å². The van der Waals surface area contributed by atoms with Gasteiger partial charge in [0.1, 0.15) is 10.7 Å². The molecule has 1 N–H and O–H groups in total. The van der Waals surface area contributed by atoms with Crippen molar-refractivity contribution in [3.8, 4) is 10.4 Å². The smallest absolute Gasteiger partial charge is 0.260 e. The SMILES string of the molecule is Cc1ccc(-c2csc3nc(CSc4ccc(Cl)cn4)[nH]c(=O)c23)s1. The molecule has 4 nitrogen and oxygen atoms in total. The molecule has 0 amide bonds. The molecule has 126 valence electrons. The number of hydrogen-bond donors (Lipinski definition) is 1. The second-order valence-electron chi connectivity index (χ2n) is 5.36. The lowest BCUT2D eigenvalue weighted by molar-refractivity contribution is 1.04. The van der Waals surface area contributed by atoms with Crippen LogP contribution < -0.4 is 5.56 Å². The van der Waals surface area contributed by atoms with E-state index >= 15 is 0 Å². The minimum Gasteiger partial charge on any atom is -0.309 e. The first-order valence-corrected chi connectivity index (χ1v) is 10.5. The summed E-state index contributed by atoms with van der Waals surface area (Å²) in [5.74, 6) is 1.19. The van der Waals surface area contributed by atoms with Gasteiger partial charge >= 0.3 is 0 Å². The van der Waals surface area contributed by atoms with E-state index in [0.29, 0.717) is 22.0 Å². The zero-order valence-corrected chi connectivity index (χ0v) is 16.3. The molecule has 0 atom stereocenters. The summed E-state index contributed by atoms with van der Waals surface area (Å²) in [7, 11) is 0. The van der Waals surface area contributed by atoms with Gasteiger partial charge in [-0.25, -0.2) is 9.97 Å². The number of nitrogens with one attached hydrogen (secondary N) is 1. The van der Waals surface area contributed by atoms with Crippen molar-refractivity contribution in [3.63, 3.8) is 0 Å². The van der Waals surface area contributed by atoms with Crippen LogP contribution in [0.1, 0.15) is 10.7 Å². The molecule has 0 saturated heterocycles. The van der Waals surface area contributed by atoms with E-state index in [0.717, 1.165) is 20.3 Å². The van der Waals surface area contributed by atoms with Gasteiger partial charge in [0.2, 0.25) is 0 Å². The highest BCUT2D eigenvalue weighted by molar-refractivity contribution is 7.98. The maximum absolute atomic E-state index is 12.6. The van der Waals surface area contributed by atoms with Gasteiger partial charge in [-0.3, -0.25) is 4.79 Å². The van der Waals surface area contributed by atoms with Crippen LogP contribution in [0.2, 0.25) is 5.02 Å². The average molecular weight is 406 g/mol. The second kappa shape index (κ2) is 6.92. The fourth-order valence-corrected chi connectivity index (χ4v) is 5.16. The molecule has 0 spiro atoms. The van der Waals surface area contributed by atoms with Crippen molar-refractivity contribution in [2.24, 2.45) is 0 Å². The second-order valence-corrected chi connectivity index (χ2v) is 8.93. The predicted molar refractivity (Wildman–Crippen MR) is 107 cm³/mol. The standard InChI is InChI=1S/C17H12ClN3OS3/c1-9-2-4-12(25-9)11-7-24-17-15(11)16(22)20-13(21-17)8-23-14-5-3-10(18)6-19-14/h2-7H,8H2,1H3,(H,20,21,22). The van der Waals surface area contributed by atoms with Gasteiger partial charge < -0.3 is 4.98 Å². The summed E-state index contributed by atoms with van der Waals surface area (Å²) in [5.41, 5.74) is 0.873. The first-order valence-electron chi connectivity index (χ1n) is 7.42. The number of halogens is 1. The topological polar surface area (TPSA) is 58.6 Å². The van der Waals surface area contributed by atoms with Crippen molar-refractivity contribution in [1.82, 2.24) is 15.0 Å². The Morgan fingerprint density at radius 3 is 2.88 bits per heavy atom. The summed E-state index contributed by atoms with van der Waals surface area (Å²) in [6.45, 7) is 2.06. The van der Waals surface area contributed by atoms with Gasteiger partial charge in [-0.05, 0) is 31.2 Å². The van der Waals surface area contributed by atoms with E-state index in [4.69, 9.17) is 11.6 Å². The number of thiophene rings is 2. The number of thioether (sulfide) groups is 1. The lowest BCUT2D eigenvalue weighted by Gasteiger charge is -2.02. The third kappa shape index (κ3) is 3.50. The van der Waals surface area contributed by atoms with Gasteiger partial charge in [-0.1, -0.05) is 23.4 Å². The molecule has 4 rings (SSSR count). The highest BCUT2D eigenvalue weighted by Gasteiger charge is 2.14. The molecule has 0 unspecified atom stereocenters. The van der Waals surface area contributed by atoms with E-state index in [1.165, 1.54) is 28.0 Å². The lowest BCUT2D eigenvalue weighted by Crippen LogP contribution is -2.10. The molecule has 0 radical (unpaired) electrons. The van der Waals surface area contributed by atoms with E-state index in [9.17, 15) is 4.79 Å². The number of nitrogens with zero attached hydrogens (tertiary/aromatic N) is 2. The number of H-pyrrole nitrogens is 1. The molecule has 4 aromatic heterocycles. The quantitative estimate of drug-likeness (QED) is 0.464. The minimum absolute atomic E-state index is 0.0908. The normalized spacial score (nSPS) is 11.3. The average Bonchev–Trinajstić information content (AvgIpc) is 3.20. The molecule has 0 saturated carbocycles. The van der Waals surface area contributed by atoms with E-state index < -0.39 is 0 Å². The molecule has 0 aliphatic carbocycles. The van der Waals surface area contributed by atoms with Gasteiger partial charge in [0.15, 0.2) is 0 Å². The van der Waals surface area contributed by atoms with Crippen LogP contribution in [0.4, 0.5) is 0 Å². The Kier molecular flexibility index (Phi) is 4.64. The highest BCUT2D eigenvalue weighted by Crippen LogP contribution is 2.35. The summed E-state index contributed by atoms with van der Waals surface area (Å²) < 4.78 is 0. The van der Waals surface area contributed by atoms with Crippen LogP contribution in [0.3, 0.4) is 0 Å². The number of aromatic amines is 1. The highest BCUT2D eigenvalue weighted by atomic mass is 35.5. The molecule has 8 heteroatoms. The van der Waals surface area contributed by atoms with Crippen molar-refractivity contribution in [3.05, 3.63) is 61.9 Å². The van der Waals surface area contributed by atoms with Crippen LogP contribution in [0.15, 0.2) is 45.7 Å². The van der Waals surface area contributed by atoms with Crippen molar-refractivity contribution in [1.29, 1.82) is 0 Å². The summed E-state index contributed by atoms with van der Waals surface area (Å²) >= 11 is 10.5. The summed E-state index contributed by atoms with van der Waals surface area (Å²) in [5, 5.41) is 4.13. The number of aryl methyl sites for hydroxylation is 1. The zero-order valence-electron chi connectivity index (χ0n) is 13.1. The molecule has 25 heavy (non-hydrogen) atoms. The Balaban J connectivity index is 1.64. The van der Waals surface area contributed by atoms with Crippen LogP contribution in [0.5, 0.6) is 0 Å². The van der Waals surface area contributed by atoms with Gasteiger partial charge in [0, 0.05) is 26.9 Å². The van der Waals surface area contributed by atoms with E-state index in [1.807, 2.05) is 11.4 Å². The summed E-state index contributed by atoms with van der Waals surface area (Å²) in [6, 6.07) is 7.77. The van der Waals surface area contributed by atoms with Crippen LogP contribution in [0.25, 0.3) is 20.7 Å². The molecular weight excluding hydrogens is 394 g/mol. The molecule has 4 heterocycles. The predicted octanol–water partition coefficient (Wildman–Crippen LogP) is 5.36. The Morgan fingerprint density at radius 2 is 2.16 bits per heavy atom. The summed E-state index contributed by atoms with van der Waals surface area (Å²) in [4.78, 5) is 27.4. The van der Waals surface area contributed by atoms with E-state index in [1.54, 1.807) is 23.6 Å². The monoisotopic (exact) mass is 405 g/mol. The molecule has 0 aromatic carbocycles. The molecule has 0 fully saturated rings. The molecular formula is C17H12ClN3OS3. The van der Waals surface area contributed by atoms with Gasteiger partial charge in [-0.2, -0.15) is 0 Å². The maximum atomic E-state index is 12.6. The van der Waals surface area contributed by atoms with Crippen molar-refractivity contribution in [2.45, 2.75) is 17.7 Å². The van der Waals surface area contributed by atoms with Crippen LogP contribution in [0, 0.1) is 6.92 Å². The van der Waals surface area contributed by atoms with Crippen LogP contribution >= 0.6 is 46.0 Å². The fourth-order valence-electron chi connectivity index (χ4n) is 2.41. The van der Waals surface area contributed by atoms with Crippen molar-refractivity contribution < 1.29 is 0 Å². The Bertz CT molecular complexity index is 1100. The Labute approximate surface area is 160 Å². The Morgan fingerprint density at radius 1 is 1.28 bits per heavy atom. The number of rotatable bonds is 4. The van der Waals surface area contributed by atoms with Crippen molar-refractivity contribution >= 4 is 56.3 Å². The van der Waals surface area contributed by atoms with Gasteiger partial charge in [0.05, 0.1) is 21.2 Å². The summed E-state index contributed by atoms with van der Waals surface area (Å²) in [6.07, 6.45) is 1.61. The Hall–Kier alpha value is -1.67. The molecule has 0 aliphatic heterocycles. The van der Waals surface area contributed by atoms with E-state index in [-0.39, 0.29) is 5.56 Å². The third-order valence-corrected chi connectivity index (χ3v) is 6.64. The minimum atomic E-state index is -0.0908. The first-order chi connectivity index (χ1) is 12.1. The van der Waals surface area contributed by atoms with Crippen LogP contribution in [-0.4, -0.2) is 15.0 Å². The number of fused-ring (bicyclic) bond motifs is 1. The van der Waals surface area contributed by atoms with Crippen molar-refractivity contribution in [2.75, 3.05) is 0 Å². The first kappa shape index (κ1) is 16.8. The number of aromatic nitrogens is 3. The number of pyridine rings is 1. The van der Waals surface area contributed by atoms with Gasteiger partial charge in [-0.15, -0.1) is 22.7 Å². The van der Waals surface area contributed by atoms with Gasteiger partial charge in [0.25, 0.3) is 5.56 Å². The fraction of sp³-hybridized carbons (Fsp3) is 0.118.